The van der Waals surface area contributed by atoms with Gasteiger partial charge in [0.1, 0.15) is 0 Å². The summed E-state index contributed by atoms with van der Waals surface area (Å²) in [5.41, 5.74) is 0. The normalized spacial score (nSPS) is 14.6. The smallest absolute Gasteiger partial charge is 0.460 e. The fourth-order valence-electron chi connectivity index (χ4n) is 1.95. The van der Waals surface area contributed by atoms with E-state index in [-0.39, 0.29) is 0 Å². The Labute approximate surface area is 188 Å². The average molecular weight is 564 g/mol. The summed E-state index contributed by atoms with van der Waals surface area (Å²) in [5.74, 6) is -37.1. The molecule has 0 aromatic carbocycles. The van der Waals surface area contributed by atoms with E-state index in [1.54, 1.807) is 0 Å². The number of hydrogen-bond acceptors (Lipinski definition) is 3. The molecule has 0 fully saturated rings. The molecule has 0 aromatic rings. The van der Waals surface area contributed by atoms with Crippen molar-refractivity contribution in [1.82, 2.24) is 0 Å². The average Bonchev–Trinajstić information content (AvgIpc) is 2.57. The topological polar surface area (TPSA) is 35.5 Å². The maximum Gasteiger partial charge on any atom is 0.460 e. The highest BCUT2D eigenvalue weighted by Gasteiger charge is 2.90. The molecule has 3 nitrogen and oxygen atoms in total. The standard InChI is InChI=1S/C8H3F13.C8H18O3Si2/c1-2-3(9,10)4(11,12)5(13,14)6(15,16)7(17,18)8(19,20)21;1-7-8(9)10-13(5,6)11-12(2,3)4/h2H,1H2;7H,1H2,2-6H3. The lowest BCUT2D eigenvalue weighted by Crippen LogP contribution is -2.69. The van der Waals surface area contributed by atoms with Gasteiger partial charge >= 0.3 is 50.3 Å². The number of halogens is 13. The minimum Gasteiger partial charge on any atom is -0.492 e. The van der Waals surface area contributed by atoms with Crippen LogP contribution in [0.5, 0.6) is 0 Å². The Kier molecular flexibility index (Phi) is 10.4. The molecule has 0 aliphatic rings. The number of carbonyl (C=O) groups excluding carboxylic acids is 1. The van der Waals surface area contributed by atoms with Crippen LogP contribution in [-0.4, -0.2) is 58.6 Å². The molecule has 0 saturated heterocycles. The van der Waals surface area contributed by atoms with Crippen molar-refractivity contribution in [1.29, 1.82) is 0 Å². The fourth-order valence-corrected chi connectivity index (χ4v) is 8.59. The van der Waals surface area contributed by atoms with Crippen LogP contribution in [0.1, 0.15) is 0 Å². The van der Waals surface area contributed by atoms with Gasteiger partial charge in [0.05, 0.1) is 0 Å². The van der Waals surface area contributed by atoms with Crippen molar-refractivity contribution in [3.8, 4) is 0 Å². The molecule has 34 heavy (non-hydrogen) atoms. The minimum absolute atomic E-state index is 0.394. The van der Waals surface area contributed by atoms with Crippen LogP contribution in [0.2, 0.25) is 32.7 Å². The number of allylic oxidation sites excluding steroid dienone is 1. The molecule has 0 atom stereocenters. The Balaban J connectivity index is 0. The predicted molar refractivity (Wildman–Crippen MR) is 99.2 cm³/mol. The first-order valence-electron chi connectivity index (χ1n) is 8.62. The molecule has 0 heterocycles. The van der Waals surface area contributed by atoms with E-state index in [1.165, 1.54) is 6.08 Å². The molecule has 0 aromatic heterocycles. The molecule has 0 spiro atoms. The zero-order valence-electron chi connectivity index (χ0n) is 18.2. The second kappa shape index (κ2) is 10.2. The van der Waals surface area contributed by atoms with E-state index in [1.807, 2.05) is 19.7 Å². The van der Waals surface area contributed by atoms with E-state index in [9.17, 15) is 61.9 Å². The molecule has 0 bridgehead atoms. The third kappa shape index (κ3) is 7.46. The van der Waals surface area contributed by atoms with Gasteiger partial charge in [-0.25, -0.2) is 4.79 Å². The van der Waals surface area contributed by atoms with Crippen LogP contribution in [0.3, 0.4) is 0 Å². The van der Waals surface area contributed by atoms with Crippen molar-refractivity contribution in [2.75, 3.05) is 0 Å². The molecule has 0 N–H and O–H groups in total. The minimum atomic E-state index is -7.85. The molecule has 0 radical (unpaired) electrons. The summed E-state index contributed by atoms with van der Waals surface area (Å²) >= 11 is 0. The maximum atomic E-state index is 12.7. The van der Waals surface area contributed by atoms with Crippen LogP contribution in [-0.2, 0) is 13.3 Å². The van der Waals surface area contributed by atoms with E-state index >= 15 is 0 Å². The van der Waals surface area contributed by atoms with Gasteiger partial charge in [0.15, 0.2) is 8.32 Å². The van der Waals surface area contributed by atoms with Crippen LogP contribution < -0.4 is 0 Å². The largest absolute Gasteiger partial charge is 0.492 e. The monoisotopic (exact) mass is 564 g/mol. The second-order valence-electron chi connectivity index (χ2n) is 7.86. The summed E-state index contributed by atoms with van der Waals surface area (Å²) in [6.45, 7) is 15.2. The molecule has 0 aliphatic carbocycles. The highest BCUT2D eigenvalue weighted by atomic mass is 28.4. The van der Waals surface area contributed by atoms with Crippen molar-refractivity contribution in [3.05, 3.63) is 25.3 Å². The summed E-state index contributed by atoms with van der Waals surface area (Å²) in [6.07, 6.45) is -7.51. The molecule has 0 aliphatic heterocycles. The Bertz CT molecular complexity index is 741. The Morgan fingerprint density at radius 2 is 1.03 bits per heavy atom. The zero-order chi connectivity index (χ0) is 28.4. The summed E-state index contributed by atoms with van der Waals surface area (Å²) in [4.78, 5) is 10.9. The van der Waals surface area contributed by atoms with E-state index in [2.05, 4.69) is 26.2 Å². The molecule has 0 unspecified atom stereocenters. The van der Waals surface area contributed by atoms with Gasteiger partial charge in [-0.3, -0.25) is 0 Å². The van der Waals surface area contributed by atoms with Gasteiger partial charge in [0.2, 0.25) is 0 Å². The van der Waals surface area contributed by atoms with Crippen molar-refractivity contribution in [2.24, 2.45) is 0 Å². The molecular formula is C16H21F13O3Si2. The Morgan fingerprint density at radius 3 is 1.29 bits per heavy atom. The fraction of sp³-hybridized carbons (Fsp3) is 0.688. The number of carbonyl (C=O) groups is 1. The lowest BCUT2D eigenvalue weighted by atomic mass is 9.94. The third-order valence-electron chi connectivity index (χ3n) is 3.28. The van der Waals surface area contributed by atoms with Gasteiger partial charge in [-0.15, -0.1) is 0 Å². The second-order valence-corrected chi connectivity index (χ2v) is 15.9. The van der Waals surface area contributed by atoms with Crippen molar-refractivity contribution < 1.29 is 70.4 Å². The molecule has 0 amide bonds. The molecular weight excluding hydrogens is 543 g/mol. The predicted octanol–water partition coefficient (Wildman–Crippen LogP) is 7.18. The summed E-state index contributed by atoms with van der Waals surface area (Å²) in [5, 5.41) is 0. The Hall–Kier alpha value is -1.57. The Morgan fingerprint density at radius 1 is 0.676 bits per heavy atom. The summed E-state index contributed by atoms with van der Waals surface area (Å²) < 4.78 is 171. The van der Waals surface area contributed by atoms with E-state index in [0.29, 0.717) is 0 Å². The first-order valence-corrected chi connectivity index (χ1v) is 14.8. The molecule has 0 rings (SSSR count). The number of alkyl halides is 13. The van der Waals surface area contributed by atoms with Crippen LogP contribution in [0.25, 0.3) is 0 Å². The summed E-state index contributed by atoms with van der Waals surface area (Å²) in [6, 6.07) is 0. The first kappa shape index (κ1) is 34.6. The van der Waals surface area contributed by atoms with Crippen LogP contribution in [0, 0.1) is 0 Å². The molecule has 202 valence electrons. The van der Waals surface area contributed by atoms with Crippen LogP contribution in [0.4, 0.5) is 57.1 Å². The van der Waals surface area contributed by atoms with Gasteiger partial charge in [-0.1, -0.05) is 13.2 Å². The number of hydrogen-bond donors (Lipinski definition) is 0. The van der Waals surface area contributed by atoms with Crippen LogP contribution >= 0.6 is 0 Å². The highest BCUT2D eigenvalue weighted by molar-refractivity contribution is 6.81. The number of rotatable bonds is 9. The van der Waals surface area contributed by atoms with E-state index in [0.717, 1.165) is 0 Å². The lowest BCUT2D eigenvalue weighted by Gasteiger charge is -2.38. The van der Waals surface area contributed by atoms with Crippen molar-refractivity contribution >= 4 is 22.8 Å². The third-order valence-corrected chi connectivity index (χ3v) is 8.39. The van der Waals surface area contributed by atoms with E-state index in [4.69, 9.17) is 8.54 Å². The van der Waals surface area contributed by atoms with Gasteiger partial charge < -0.3 is 8.54 Å². The van der Waals surface area contributed by atoms with Gasteiger partial charge in [-0.2, -0.15) is 57.1 Å². The zero-order valence-corrected chi connectivity index (χ0v) is 20.2. The SMILES string of the molecule is C=CC(=O)O[Si](C)(C)O[Si](C)(C)C.C=CC(F)(F)C(F)(F)C(F)(F)C(F)(F)C(F)(F)C(F)(F)F. The van der Waals surface area contributed by atoms with Gasteiger partial charge in [-0.05, 0) is 38.8 Å². The highest BCUT2D eigenvalue weighted by Crippen LogP contribution is 2.60. The lowest BCUT2D eigenvalue weighted by molar-refractivity contribution is -0.436. The van der Waals surface area contributed by atoms with Crippen molar-refractivity contribution in [3.63, 3.8) is 0 Å². The quantitative estimate of drug-likeness (QED) is 0.129. The maximum absolute atomic E-state index is 12.7. The van der Waals surface area contributed by atoms with Gasteiger partial charge in [0, 0.05) is 6.08 Å². The molecule has 18 heteroatoms. The summed E-state index contributed by atoms with van der Waals surface area (Å²) in [7, 11) is -3.90. The molecule has 0 saturated carbocycles. The van der Waals surface area contributed by atoms with E-state index < -0.39 is 64.7 Å². The van der Waals surface area contributed by atoms with Gasteiger partial charge in [0.25, 0.3) is 0 Å². The first-order chi connectivity index (χ1) is 14.5. The van der Waals surface area contributed by atoms with Crippen LogP contribution in [0.15, 0.2) is 25.3 Å². The van der Waals surface area contributed by atoms with Crippen molar-refractivity contribution in [2.45, 2.75) is 68.5 Å².